The fourth-order valence-electron chi connectivity index (χ4n) is 4.00. The van der Waals surface area contributed by atoms with Crippen LogP contribution in [0.25, 0.3) is 16.7 Å². The molecule has 1 aliphatic rings. The molecule has 0 heterocycles. The molecule has 2 heteroatoms. The summed E-state index contributed by atoms with van der Waals surface area (Å²) in [5.41, 5.74) is 9.45. The normalized spacial score (nSPS) is 13.8. The van der Waals surface area contributed by atoms with Gasteiger partial charge in [0.05, 0.1) is 0 Å². The Kier molecular flexibility index (Phi) is 5.15. The highest BCUT2D eigenvalue weighted by Crippen LogP contribution is 2.38. The molecule has 1 aliphatic carbocycles. The third-order valence-electron chi connectivity index (χ3n) is 5.15. The Hall–Kier alpha value is -2.35. The molecular formula is C25H24ClN. The zero-order chi connectivity index (χ0) is 18.8. The summed E-state index contributed by atoms with van der Waals surface area (Å²) in [5, 5.41) is 0.781. The highest BCUT2D eigenvalue weighted by Gasteiger charge is 2.21. The van der Waals surface area contributed by atoms with E-state index in [1.54, 1.807) is 0 Å². The van der Waals surface area contributed by atoms with Gasteiger partial charge in [0.2, 0.25) is 0 Å². The molecule has 0 N–H and O–H groups in total. The summed E-state index contributed by atoms with van der Waals surface area (Å²) in [6.45, 7) is 1.000. The predicted octanol–water partition coefficient (Wildman–Crippen LogP) is 6.32. The molecule has 0 amide bonds. The highest BCUT2D eigenvalue weighted by molar-refractivity contribution is 6.30. The van der Waals surface area contributed by atoms with Crippen LogP contribution < -0.4 is 0 Å². The van der Waals surface area contributed by atoms with Crippen molar-refractivity contribution >= 4 is 17.2 Å². The fourth-order valence-corrected chi connectivity index (χ4v) is 4.19. The van der Waals surface area contributed by atoms with Crippen molar-refractivity contribution in [2.45, 2.75) is 12.8 Å². The van der Waals surface area contributed by atoms with E-state index in [0.29, 0.717) is 0 Å². The molecule has 0 fully saturated rings. The molecular weight excluding hydrogens is 350 g/mol. The first kappa shape index (κ1) is 18.0. The monoisotopic (exact) mass is 373 g/mol. The summed E-state index contributed by atoms with van der Waals surface area (Å²) in [6, 6.07) is 25.8. The average molecular weight is 374 g/mol. The Labute approximate surface area is 166 Å². The van der Waals surface area contributed by atoms with Gasteiger partial charge in [0, 0.05) is 11.6 Å². The minimum absolute atomic E-state index is 0.781. The fraction of sp³-hybridized carbons (Fsp3) is 0.200. The lowest BCUT2D eigenvalue weighted by atomic mass is 9.81. The summed E-state index contributed by atoms with van der Waals surface area (Å²) >= 11 is 6.20. The molecule has 0 radical (unpaired) electrons. The first-order valence-electron chi connectivity index (χ1n) is 9.43. The molecule has 27 heavy (non-hydrogen) atoms. The first-order valence-corrected chi connectivity index (χ1v) is 9.81. The second kappa shape index (κ2) is 7.72. The topological polar surface area (TPSA) is 3.24 Å². The van der Waals surface area contributed by atoms with Crippen LogP contribution in [-0.4, -0.2) is 25.5 Å². The van der Waals surface area contributed by atoms with Crippen LogP contribution in [0.5, 0.6) is 0 Å². The molecule has 0 saturated carbocycles. The van der Waals surface area contributed by atoms with E-state index in [0.717, 1.165) is 24.4 Å². The van der Waals surface area contributed by atoms with Crippen molar-refractivity contribution < 1.29 is 0 Å². The molecule has 0 aromatic heterocycles. The van der Waals surface area contributed by atoms with Crippen LogP contribution in [-0.2, 0) is 6.42 Å². The number of benzene rings is 3. The Morgan fingerprint density at radius 1 is 0.778 bits per heavy atom. The minimum atomic E-state index is 0.781. The molecule has 0 saturated heterocycles. The van der Waals surface area contributed by atoms with Crippen molar-refractivity contribution in [2.24, 2.45) is 0 Å². The van der Waals surface area contributed by atoms with Gasteiger partial charge < -0.3 is 4.90 Å². The quantitative estimate of drug-likeness (QED) is 0.517. The van der Waals surface area contributed by atoms with Gasteiger partial charge in [-0.15, -0.1) is 0 Å². The van der Waals surface area contributed by atoms with Gasteiger partial charge in [-0.1, -0.05) is 72.3 Å². The van der Waals surface area contributed by atoms with Crippen LogP contribution in [0.15, 0.2) is 78.4 Å². The first-order chi connectivity index (χ1) is 13.1. The number of likely N-dealkylation sites (N-methyl/N-ethyl adjacent to an activating group) is 1. The zero-order valence-electron chi connectivity index (χ0n) is 15.9. The number of hydrogen-bond acceptors (Lipinski definition) is 1. The van der Waals surface area contributed by atoms with Crippen LogP contribution in [0.4, 0.5) is 0 Å². The van der Waals surface area contributed by atoms with Crippen molar-refractivity contribution in [3.63, 3.8) is 0 Å². The molecule has 136 valence electrons. The molecule has 3 aromatic rings. The lowest BCUT2D eigenvalue weighted by molar-refractivity contribution is 0.439. The molecule has 0 aliphatic heterocycles. The average Bonchev–Trinajstić information content (AvgIpc) is 2.67. The summed E-state index contributed by atoms with van der Waals surface area (Å²) in [4.78, 5) is 2.27. The lowest BCUT2D eigenvalue weighted by Gasteiger charge is -2.26. The van der Waals surface area contributed by atoms with Gasteiger partial charge in [0.15, 0.2) is 0 Å². The van der Waals surface area contributed by atoms with Gasteiger partial charge in [-0.05, 0) is 78.0 Å². The number of halogens is 1. The summed E-state index contributed by atoms with van der Waals surface area (Å²) in [6.07, 6.45) is 2.19. The van der Waals surface area contributed by atoms with E-state index in [1.165, 1.54) is 39.0 Å². The molecule has 4 rings (SSSR count). The molecule has 3 aromatic carbocycles. The van der Waals surface area contributed by atoms with Crippen LogP contribution in [0.3, 0.4) is 0 Å². The standard InChI is InChI=1S/C25H24ClN/c1-27(2)17-22-12-11-21-15-20(19-9-6-10-23(26)16-19)13-14-24(21)25(22)18-7-4-3-5-8-18/h3-10,13-16H,11-12,17H2,1-2H3. The van der Waals surface area contributed by atoms with Crippen LogP contribution in [0, 0.1) is 0 Å². The number of aryl methyl sites for hydroxylation is 1. The third kappa shape index (κ3) is 3.85. The van der Waals surface area contributed by atoms with Crippen molar-refractivity contribution in [3.8, 4) is 11.1 Å². The van der Waals surface area contributed by atoms with E-state index in [2.05, 4.69) is 73.6 Å². The smallest absolute Gasteiger partial charge is 0.0412 e. The van der Waals surface area contributed by atoms with E-state index < -0.39 is 0 Å². The number of rotatable bonds is 4. The van der Waals surface area contributed by atoms with E-state index in [-0.39, 0.29) is 0 Å². The summed E-state index contributed by atoms with van der Waals surface area (Å²) < 4.78 is 0. The maximum atomic E-state index is 6.20. The van der Waals surface area contributed by atoms with Crippen LogP contribution >= 0.6 is 11.6 Å². The van der Waals surface area contributed by atoms with E-state index in [4.69, 9.17) is 11.6 Å². The largest absolute Gasteiger partial charge is 0.305 e. The maximum Gasteiger partial charge on any atom is 0.0412 e. The third-order valence-corrected chi connectivity index (χ3v) is 5.39. The highest BCUT2D eigenvalue weighted by atomic mass is 35.5. The number of fused-ring (bicyclic) bond motifs is 1. The van der Waals surface area contributed by atoms with E-state index in [1.807, 2.05) is 18.2 Å². The van der Waals surface area contributed by atoms with Gasteiger partial charge in [-0.25, -0.2) is 0 Å². The second-order valence-corrected chi connectivity index (χ2v) is 7.90. The van der Waals surface area contributed by atoms with Crippen molar-refractivity contribution in [2.75, 3.05) is 20.6 Å². The molecule has 0 spiro atoms. The predicted molar refractivity (Wildman–Crippen MR) is 116 cm³/mol. The van der Waals surface area contributed by atoms with Gasteiger partial charge in [-0.2, -0.15) is 0 Å². The van der Waals surface area contributed by atoms with Gasteiger partial charge >= 0.3 is 0 Å². The van der Waals surface area contributed by atoms with Crippen molar-refractivity contribution in [3.05, 3.63) is 100 Å². The van der Waals surface area contributed by atoms with Crippen LogP contribution in [0.1, 0.15) is 23.1 Å². The zero-order valence-corrected chi connectivity index (χ0v) is 16.6. The molecule has 1 nitrogen and oxygen atoms in total. The van der Waals surface area contributed by atoms with Gasteiger partial charge in [0.1, 0.15) is 0 Å². The SMILES string of the molecule is CN(C)CC1=C(c2ccccc2)c2ccc(-c3cccc(Cl)c3)cc2CC1. The second-order valence-electron chi connectivity index (χ2n) is 7.46. The number of nitrogens with zero attached hydrogens (tertiary/aromatic N) is 1. The van der Waals surface area contributed by atoms with Crippen molar-refractivity contribution in [1.29, 1.82) is 0 Å². The summed E-state index contributed by atoms with van der Waals surface area (Å²) in [5.74, 6) is 0. The molecule has 0 atom stereocenters. The summed E-state index contributed by atoms with van der Waals surface area (Å²) in [7, 11) is 4.29. The van der Waals surface area contributed by atoms with E-state index >= 15 is 0 Å². The molecule has 0 unspecified atom stereocenters. The Morgan fingerprint density at radius 2 is 1.52 bits per heavy atom. The Balaban J connectivity index is 1.83. The Morgan fingerprint density at radius 3 is 2.26 bits per heavy atom. The Bertz CT molecular complexity index is 986. The lowest BCUT2D eigenvalue weighted by Crippen LogP contribution is -2.19. The maximum absolute atomic E-state index is 6.20. The van der Waals surface area contributed by atoms with Crippen LogP contribution in [0.2, 0.25) is 5.02 Å². The minimum Gasteiger partial charge on any atom is -0.305 e. The van der Waals surface area contributed by atoms with E-state index in [9.17, 15) is 0 Å². The molecule has 0 bridgehead atoms. The van der Waals surface area contributed by atoms with Crippen molar-refractivity contribution in [1.82, 2.24) is 4.90 Å². The van der Waals surface area contributed by atoms with Gasteiger partial charge in [-0.3, -0.25) is 0 Å². The van der Waals surface area contributed by atoms with Gasteiger partial charge in [0.25, 0.3) is 0 Å². The number of hydrogen-bond donors (Lipinski definition) is 0.